The molecule has 0 radical (unpaired) electrons. The number of hydrogen-bond donors (Lipinski definition) is 1. The Balaban J connectivity index is 1.68. The second kappa shape index (κ2) is 8.75. The van der Waals surface area contributed by atoms with Gasteiger partial charge in [-0.25, -0.2) is 9.37 Å². The van der Waals surface area contributed by atoms with E-state index in [1.807, 2.05) is 19.9 Å². The third-order valence-corrected chi connectivity index (χ3v) is 5.57. The number of imidazole rings is 1. The summed E-state index contributed by atoms with van der Waals surface area (Å²) in [6.45, 7) is 6.64. The molecule has 1 atom stereocenters. The minimum atomic E-state index is -0.277. The lowest BCUT2D eigenvalue weighted by atomic mass is 10.2. The van der Waals surface area contributed by atoms with E-state index in [-0.39, 0.29) is 17.6 Å². The highest BCUT2D eigenvalue weighted by atomic mass is 32.2. The summed E-state index contributed by atoms with van der Waals surface area (Å²) in [6, 6.07) is 8.32. The number of Topliss-reactive ketones (excluding diaryl/α,β-unsaturated/α-hetero) is 1. The van der Waals surface area contributed by atoms with Crippen LogP contribution in [0.25, 0.3) is 11.3 Å². The number of nitrogens with one attached hydrogen (secondary N) is 1. The van der Waals surface area contributed by atoms with Crippen LogP contribution in [0.1, 0.15) is 34.7 Å². The van der Waals surface area contributed by atoms with Gasteiger partial charge in [0.2, 0.25) is 0 Å². The fourth-order valence-corrected chi connectivity index (χ4v) is 4.15. The van der Waals surface area contributed by atoms with E-state index in [4.69, 9.17) is 4.74 Å². The van der Waals surface area contributed by atoms with Crippen LogP contribution in [0.3, 0.4) is 0 Å². The van der Waals surface area contributed by atoms with Gasteiger partial charge >= 0.3 is 0 Å². The first-order valence-corrected chi connectivity index (χ1v) is 10.0. The molecule has 0 spiro atoms. The van der Waals surface area contributed by atoms with Crippen LogP contribution in [0, 0.1) is 19.7 Å². The fourth-order valence-electron chi connectivity index (χ4n) is 3.42. The van der Waals surface area contributed by atoms with Gasteiger partial charge in [-0.15, -0.1) is 0 Å². The molecular weight excluding hydrogens is 377 g/mol. The molecule has 3 rings (SSSR count). The number of methoxy groups -OCH3 is 1. The number of hydrogen-bond acceptors (Lipinski definition) is 4. The maximum Gasteiger partial charge on any atom is 0.175 e. The van der Waals surface area contributed by atoms with Gasteiger partial charge in [0.25, 0.3) is 0 Å². The molecule has 7 heteroatoms. The highest BCUT2D eigenvalue weighted by molar-refractivity contribution is 7.99. The lowest BCUT2D eigenvalue weighted by Gasteiger charge is -2.17. The number of aromatic amines is 1. The van der Waals surface area contributed by atoms with Gasteiger partial charge in [-0.3, -0.25) is 4.79 Å². The normalized spacial score (nSPS) is 12.3. The van der Waals surface area contributed by atoms with Crippen LogP contribution in [-0.4, -0.2) is 39.8 Å². The van der Waals surface area contributed by atoms with E-state index >= 15 is 0 Å². The molecule has 0 fully saturated rings. The molecule has 28 heavy (non-hydrogen) atoms. The minimum Gasteiger partial charge on any atom is -0.383 e. The number of H-pyrrole nitrogens is 1. The highest BCUT2D eigenvalue weighted by Crippen LogP contribution is 2.25. The van der Waals surface area contributed by atoms with Gasteiger partial charge in [0.1, 0.15) is 5.82 Å². The van der Waals surface area contributed by atoms with E-state index < -0.39 is 0 Å². The van der Waals surface area contributed by atoms with E-state index in [0.717, 1.165) is 28.2 Å². The first-order valence-electron chi connectivity index (χ1n) is 9.05. The van der Waals surface area contributed by atoms with Crippen LogP contribution in [0.5, 0.6) is 0 Å². The summed E-state index contributed by atoms with van der Waals surface area (Å²) in [5.74, 6) is 0.0776. The summed E-state index contributed by atoms with van der Waals surface area (Å²) in [5.41, 5.74) is 4.38. The van der Waals surface area contributed by atoms with Crippen molar-refractivity contribution in [3.05, 3.63) is 59.3 Å². The topological polar surface area (TPSA) is 59.9 Å². The van der Waals surface area contributed by atoms with Gasteiger partial charge in [-0.2, -0.15) is 0 Å². The van der Waals surface area contributed by atoms with Crippen molar-refractivity contribution in [2.24, 2.45) is 0 Å². The third kappa shape index (κ3) is 4.36. The van der Waals surface area contributed by atoms with E-state index in [0.29, 0.717) is 17.5 Å². The average Bonchev–Trinajstić information content (AvgIpc) is 3.25. The predicted octanol–water partition coefficient (Wildman–Crippen LogP) is 4.82. The molecule has 1 N–H and O–H groups in total. The van der Waals surface area contributed by atoms with Crippen molar-refractivity contribution in [2.75, 3.05) is 19.5 Å². The molecule has 0 bridgehead atoms. The zero-order valence-electron chi connectivity index (χ0n) is 16.5. The van der Waals surface area contributed by atoms with E-state index in [1.54, 1.807) is 25.4 Å². The average molecular weight is 402 g/mol. The first-order chi connectivity index (χ1) is 13.4. The standard InChI is InChI=1S/C21H24FN3O2S/c1-13-9-18(15(3)25(13)14(2)11-27-4)20(26)12-28-21-23-10-19(24-21)16-5-7-17(22)8-6-16/h5-10,14H,11-12H2,1-4H3,(H,23,24). The number of benzene rings is 1. The Kier molecular flexibility index (Phi) is 6.36. The molecule has 0 saturated carbocycles. The van der Waals surface area contributed by atoms with E-state index in [1.165, 1.54) is 23.9 Å². The Bertz CT molecular complexity index is 963. The monoisotopic (exact) mass is 401 g/mol. The molecule has 148 valence electrons. The zero-order valence-corrected chi connectivity index (χ0v) is 17.3. The lowest BCUT2D eigenvalue weighted by Crippen LogP contribution is -2.14. The number of halogens is 1. The second-order valence-corrected chi connectivity index (χ2v) is 7.74. The molecule has 0 amide bonds. The molecule has 1 unspecified atom stereocenters. The molecular formula is C21H24FN3O2S. The summed E-state index contributed by atoms with van der Waals surface area (Å²) >= 11 is 1.36. The van der Waals surface area contributed by atoms with Crippen molar-refractivity contribution in [2.45, 2.75) is 32.0 Å². The van der Waals surface area contributed by atoms with Gasteiger partial charge in [-0.1, -0.05) is 11.8 Å². The molecule has 0 aliphatic rings. The molecule has 2 heterocycles. The molecule has 3 aromatic rings. The number of ketones is 1. The number of thioether (sulfide) groups is 1. The van der Waals surface area contributed by atoms with Gasteiger partial charge in [0, 0.05) is 24.1 Å². The van der Waals surface area contributed by atoms with Gasteiger partial charge in [0.15, 0.2) is 10.9 Å². The number of carbonyl (C=O) groups excluding carboxylic acids is 1. The number of aryl methyl sites for hydroxylation is 1. The van der Waals surface area contributed by atoms with Crippen LogP contribution >= 0.6 is 11.8 Å². The van der Waals surface area contributed by atoms with Crippen LogP contribution < -0.4 is 0 Å². The number of aromatic nitrogens is 3. The van der Waals surface area contributed by atoms with Crippen LogP contribution in [0.4, 0.5) is 4.39 Å². The van der Waals surface area contributed by atoms with Crippen LogP contribution in [0.15, 0.2) is 41.7 Å². The van der Waals surface area contributed by atoms with Crippen molar-refractivity contribution in [1.82, 2.24) is 14.5 Å². The molecule has 1 aromatic carbocycles. The quantitative estimate of drug-likeness (QED) is 0.434. The number of carbonyl (C=O) groups is 1. The van der Waals surface area contributed by atoms with Crippen molar-refractivity contribution < 1.29 is 13.9 Å². The Morgan fingerprint density at radius 1 is 1.32 bits per heavy atom. The lowest BCUT2D eigenvalue weighted by molar-refractivity contribution is 0.102. The number of ether oxygens (including phenoxy) is 1. The number of rotatable bonds is 8. The van der Waals surface area contributed by atoms with Gasteiger partial charge in [0.05, 0.1) is 30.3 Å². The summed E-state index contributed by atoms with van der Waals surface area (Å²) in [4.78, 5) is 20.2. The first kappa shape index (κ1) is 20.4. The van der Waals surface area contributed by atoms with Crippen LogP contribution in [-0.2, 0) is 4.74 Å². The second-order valence-electron chi connectivity index (χ2n) is 6.78. The maximum absolute atomic E-state index is 13.1. The van der Waals surface area contributed by atoms with E-state index in [2.05, 4.69) is 21.5 Å². The molecule has 0 aliphatic carbocycles. The van der Waals surface area contributed by atoms with Gasteiger partial charge in [-0.05, 0) is 56.7 Å². The third-order valence-electron chi connectivity index (χ3n) is 4.68. The Hall–Kier alpha value is -2.38. The van der Waals surface area contributed by atoms with Gasteiger partial charge < -0.3 is 14.3 Å². The minimum absolute atomic E-state index is 0.0636. The van der Waals surface area contributed by atoms with Crippen molar-refractivity contribution in [3.8, 4) is 11.3 Å². The smallest absolute Gasteiger partial charge is 0.175 e. The maximum atomic E-state index is 13.1. The molecule has 2 aromatic heterocycles. The molecule has 5 nitrogen and oxygen atoms in total. The largest absolute Gasteiger partial charge is 0.383 e. The fraction of sp³-hybridized carbons (Fsp3) is 0.333. The van der Waals surface area contributed by atoms with Crippen molar-refractivity contribution >= 4 is 17.5 Å². The van der Waals surface area contributed by atoms with Crippen LogP contribution in [0.2, 0.25) is 0 Å². The molecule has 0 aliphatic heterocycles. The SMILES string of the molecule is COCC(C)n1c(C)cc(C(=O)CSc2ncc(-c3ccc(F)cc3)[nH]2)c1C. The number of nitrogens with zero attached hydrogens (tertiary/aromatic N) is 2. The summed E-state index contributed by atoms with van der Waals surface area (Å²) in [7, 11) is 1.68. The highest BCUT2D eigenvalue weighted by Gasteiger charge is 2.19. The Morgan fingerprint density at radius 3 is 2.71 bits per heavy atom. The zero-order chi connectivity index (χ0) is 20.3. The van der Waals surface area contributed by atoms with E-state index in [9.17, 15) is 9.18 Å². The Morgan fingerprint density at radius 2 is 2.04 bits per heavy atom. The Labute approximate surface area is 168 Å². The molecule has 0 saturated heterocycles. The predicted molar refractivity (Wildman–Crippen MR) is 110 cm³/mol. The van der Waals surface area contributed by atoms with Crippen molar-refractivity contribution in [1.29, 1.82) is 0 Å². The summed E-state index contributed by atoms with van der Waals surface area (Å²) < 4.78 is 20.4. The summed E-state index contributed by atoms with van der Waals surface area (Å²) in [6.07, 6.45) is 1.69. The van der Waals surface area contributed by atoms with Crippen molar-refractivity contribution in [3.63, 3.8) is 0 Å². The summed E-state index contributed by atoms with van der Waals surface area (Å²) in [5, 5.41) is 0.661.